The Bertz CT molecular complexity index is 143. The smallest absolute Gasteiger partial charge is 0.0170 e. The molecule has 0 aliphatic heterocycles. The normalized spacial score (nSPS) is 13.3. The van der Waals surface area contributed by atoms with Crippen molar-refractivity contribution in [3.63, 3.8) is 0 Å². The second kappa shape index (κ2) is 7.45. The summed E-state index contributed by atoms with van der Waals surface area (Å²) in [5.41, 5.74) is 1.30. The van der Waals surface area contributed by atoms with Gasteiger partial charge in [-0.3, -0.25) is 0 Å². The molecule has 0 saturated heterocycles. The summed E-state index contributed by atoms with van der Waals surface area (Å²) in [6.07, 6.45) is 0. The Hall–Kier alpha value is 0.0500. The average molecular weight is 201 g/mol. The minimum absolute atomic E-state index is 0.735. The third-order valence-corrected chi connectivity index (χ3v) is 3.76. The van der Waals surface area contributed by atoms with Crippen LogP contribution in [0.25, 0.3) is 0 Å². The van der Waals surface area contributed by atoms with Crippen LogP contribution >= 0.6 is 11.8 Å². The summed E-state index contributed by atoms with van der Waals surface area (Å²) in [5.74, 6) is 1.85. The first-order chi connectivity index (χ1) is 6.07. The fourth-order valence-corrected chi connectivity index (χ4v) is 1.78. The number of nitrogens with one attached hydrogen (secondary N) is 1. The first-order valence-corrected chi connectivity index (χ1v) is 6.11. The number of hydrogen-bond acceptors (Lipinski definition) is 2. The predicted octanol–water partition coefficient (Wildman–Crippen LogP) is 2.93. The lowest BCUT2D eigenvalue weighted by atomic mass is 10.2. The summed E-state index contributed by atoms with van der Waals surface area (Å²) in [6.45, 7) is 15.0. The van der Waals surface area contributed by atoms with E-state index >= 15 is 0 Å². The van der Waals surface area contributed by atoms with Crippen molar-refractivity contribution in [2.45, 2.75) is 32.9 Å². The van der Waals surface area contributed by atoms with E-state index in [4.69, 9.17) is 0 Å². The molecule has 1 unspecified atom stereocenters. The van der Waals surface area contributed by atoms with Gasteiger partial charge in [0, 0.05) is 17.5 Å². The molecule has 0 fully saturated rings. The van der Waals surface area contributed by atoms with Crippen molar-refractivity contribution in [2.75, 3.05) is 18.8 Å². The molecule has 0 spiro atoms. The number of hydrogen-bond donors (Lipinski definition) is 1. The van der Waals surface area contributed by atoms with Crippen LogP contribution in [0.2, 0.25) is 0 Å². The van der Waals surface area contributed by atoms with E-state index in [9.17, 15) is 0 Å². The van der Waals surface area contributed by atoms with Gasteiger partial charge in [0.1, 0.15) is 0 Å². The SMILES string of the molecule is C=C(CNCC)CSC(C)C(C)C. The Morgan fingerprint density at radius 1 is 1.38 bits per heavy atom. The standard InChI is InChI=1S/C11H23NS/c1-6-12-7-10(4)8-13-11(5)9(2)3/h9,11-12H,4,6-8H2,1-3,5H3. The van der Waals surface area contributed by atoms with Crippen LogP contribution in [0, 0.1) is 5.92 Å². The van der Waals surface area contributed by atoms with Crippen LogP contribution in [0.1, 0.15) is 27.7 Å². The van der Waals surface area contributed by atoms with Gasteiger partial charge in [-0.25, -0.2) is 0 Å². The second-order valence-electron chi connectivity index (χ2n) is 3.79. The van der Waals surface area contributed by atoms with E-state index in [1.54, 1.807) is 0 Å². The topological polar surface area (TPSA) is 12.0 Å². The molecule has 0 aliphatic carbocycles. The Balaban J connectivity index is 3.46. The van der Waals surface area contributed by atoms with Crippen molar-refractivity contribution < 1.29 is 0 Å². The minimum atomic E-state index is 0.735. The molecule has 1 nitrogen and oxygen atoms in total. The summed E-state index contributed by atoms with van der Waals surface area (Å²) < 4.78 is 0. The fraction of sp³-hybridized carbons (Fsp3) is 0.818. The zero-order chi connectivity index (χ0) is 10.3. The summed E-state index contributed by atoms with van der Waals surface area (Å²) in [7, 11) is 0. The van der Waals surface area contributed by atoms with Crippen LogP contribution in [-0.4, -0.2) is 24.1 Å². The van der Waals surface area contributed by atoms with E-state index in [-0.39, 0.29) is 0 Å². The first-order valence-electron chi connectivity index (χ1n) is 5.06. The highest BCUT2D eigenvalue weighted by Crippen LogP contribution is 2.20. The number of likely N-dealkylation sites (N-methyl/N-ethyl adjacent to an activating group) is 1. The molecule has 0 radical (unpaired) electrons. The molecule has 0 saturated carbocycles. The molecule has 0 aliphatic rings. The van der Waals surface area contributed by atoms with Gasteiger partial charge >= 0.3 is 0 Å². The Labute approximate surface area is 87.4 Å². The molecule has 2 heteroatoms. The highest BCUT2D eigenvalue weighted by atomic mass is 32.2. The summed E-state index contributed by atoms with van der Waals surface area (Å²) in [5, 5.41) is 4.02. The van der Waals surface area contributed by atoms with Crippen LogP contribution < -0.4 is 5.32 Å². The van der Waals surface area contributed by atoms with E-state index in [2.05, 4.69) is 39.6 Å². The highest BCUT2D eigenvalue weighted by Gasteiger charge is 2.07. The van der Waals surface area contributed by atoms with E-state index < -0.39 is 0 Å². The molecule has 13 heavy (non-hydrogen) atoms. The van der Waals surface area contributed by atoms with Crippen molar-refractivity contribution in [3.05, 3.63) is 12.2 Å². The maximum atomic E-state index is 4.04. The highest BCUT2D eigenvalue weighted by molar-refractivity contribution is 8.00. The first kappa shape index (κ1) is 13.1. The molecular weight excluding hydrogens is 178 g/mol. The van der Waals surface area contributed by atoms with Gasteiger partial charge in [0.15, 0.2) is 0 Å². The molecule has 0 bridgehead atoms. The fourth-order valence-electron chi connectivity index (χ4n) is 0.795. The lowest BCUT2D eigenvalue weighted by molar-refractivity contribution is 0.642. The Kier molecular flexibility index (Phi) is 7.48. The lowest BCUT2D eigenvalue weighted by Gasteiger charge is -2.15. The van der Waals surface area contributed by atoms with Crippen molar-refractivity contribution in [2.24, 2.45) is 5.92 Å². The zero-order valence-electron chi connectivity index (χ0n) is 9.39. The predicted molar refractivity (Wildman–Crippen MR) is 64.4 cm³/mol. The molecule has 0 heterocycles. The summed E-state index contributed by atoms with van der Waals surface area (Å²) in [4.78, 5) is 0. The lowest BCUT2D eigenvalue weighted by Crippen LogP contribution is -2.17. The van der Waals surface area contributed by atoms with Crippen LogP contribution in [0.15, 0.2) is 12.2 Å². The molecule has 1 N–H and O–H groups in total. The maximum Gasteiger partial charge on any atom is 0.0170 e. The van der Waals surface area contributed by atoms with Crippen molar-refractivity contribution >= 4 is 11.8 Å². The van der Waals surface area contributed by atoms with Crippen molar-refractivity contribution in [1.29, 1.82) is 0 Å². The van der Waals surface area contributed by atoms with Crippen LogP contribution in [-0.2, 0) is 0 Å². The zero-order valence-corrected chi connectivity index (χ0v) is 10.2. The molecule has 0 aromatic rings. The third kappa shape index (κ3) is 7.15. The quantitative estimate of drug-likeness (QED) is 0.636. The summed E-state index contributed by atoms with van der Waals surface area (Å²) in [6, 6.07) is 0. The third-order valence-electron chi connectivity index (χ3n) is 2.11. The monoisotopic (exact) mass is 201 g/mol. The average Bonchev–Trinajstić information content (AvgIpc) is 2.10. The molecule has 78 valence electrons. The minimum Gasteiger partial charge on any atom is -0.313 e. The van der Waals surface area contributed by atoms with Crippen molar-refractivity contribution in [3.8, 4) is 0 Å². The van der Waals surface area contributed by atoms with Gasteiger partial charge in [-0.2, -0.15) is 11.8 Å². The molecule has 0 aromatic carbocycles. The molecule has 0 amide bonds. The van der Waals surface area contributed by atoms with Crippen LogP contribution in [0.5, 0.6) is 0 Å². The van der Waals surface area contributed by atoms with Gasteiger partial charge < -0.3 is 5.32 Å². The summed E-state index contributed by atoms with van der Waals surface area (Å²) >= 11 is 2.00. The molecule has 1 atom stereocenters. The molecule has 0 aromatic heterocycles. The van der Waals surface area contributed by atoms with Gasteiger partial charge in [-0.05, 0) is 12.5 Å². The Morgan fingerprint density at radius 2 is 2.00 bits per heavy atom. The largest absolute Gasteiger partial charge is 0.313 e. The number of rotatable bonds is 7. The molecular formula is C11H23NS. The van der Waals surface area contributed by atoms with Gasteiger partial charge in [-0.1, -0.05) is 39.8 Å². The van der Waals surface area contributed by atoms with E-state index in [0.717, 1.165) is 30.0 Å². The van der Waals surface area contributed by atoms with E-state index in [1.165, 1.54) is 5.57 Å². The van der Waals surface area contributed by atoms with Gasteiger partial charge in [-0.15, -0.1) is 0 Å². The molecule has 0 rings (SSSR count). The van der Waals surface area contributed by atoms with E-state index in [1.807, 2.05) is 11.8 Å². The van der Waals surface area contributed by atoms with Gasteiger partial charge in [0.25, 0.3) is 0 Å². The van der Waals surface area contributed by atoms with Crippen molar-refractivity contribution in [1.82, 2.24) is 5.32 Å². The van der Waals surface area contributed by atoms with E-state index in [0.29, 0.717) is 0 Å². The van der Waals surface area contributed by atoms with Gasteiger partial charge in [0.05, 0.1) is 0 Å². The maximum absolute atomic E-state index is 4.04. The van der Waals surface area contributed by atoms with Crippen LogP contribution in [0.3, 0.4) is 0 Å². The Morgan fingerprint density at radius 3 is 2.46 bits per heavy atom. The second-order valence-corrected chi connectivity index (χ2v) is 5.16. The number of thioether (sulfide) groups is 1. The van der Waals surface area contributed by atoms with Crippen LogP contribution in [0.4, 0.5) is 0 Å². The van der Waals surface area contributed by atoms with Gasteiger partial charge in [0.2, 0.25) is 0 Å².